The molecule has 0 unspecified atom stereocenters. The number of hydrazine groups is 1. The fourth-order valence-corrected chi connectivity index (χ4v) is 2.05. The second-order valence-electron chi connectivity index (χ2n) is 3.02. The minimum Gasteiger partial charge on any atom is -0.437 e. The van der Waals surface area contributed by atoms with Gasteiger partial charge in [0.1, 0.15) is 16.5 Å². The summed E-state index contributed by atoms with van der Waals surface area (Å²) in [6.07, 6.45) is 1.38. The summed E-state index contributed by atoms with van der Waals surface area (Å²) in [7, 11) is 0. The molecule has 3 N–H and O–H groups in total. The Labute approximate surface area is 120 Å². The highest BCUT2D eigenvalue weighted by Gasteiger charge is 2.11. The van der Waals surface area contributed by atoms with E-state index in [2.05, 4.69) is 53.9 Å². The first-order valence-electron chi connectivity index (χ1n) is 4.62. The number of nitrogens with zero attached hydrogens (tertiary/aromatic N) is 2. The first-order valence-corrected chi connectivity index (χ1v) is 6.49. The number of hydrogen-bond donors (Lipinski definition) is 2. The molecule has 88 valence electrons. The fourth-order valence-electron chi connectivity index (χ4n) is 1.16. The van der Waals surface area contributed by atoms with Crippen molar-refractivity contribution in [3.8, 4) is 11.6 Å². The predicted molar refractivity (Wildman–Crippen MR) is 76.8 cm³/mol. The molecule has 2 aromatic rings. The third-order valence-corrected chi connectivity index (χ3v) is 3.54. The number of para-hydroxylation sites is 1. The number of nitrogen functional groups attached to an aromatic ring is 1. The molecule has 0 saturated carbocycles. The topological polar surface area (TPSA) is 73.1 Å². The number of benzene rings is 1. The summed E-state index contributed by atoms with van der Waals surface area (Å²) in [5.74, 6) is 6.93. The van der Waals surface area contributed by atoms with E-state index in [0.29, 0.717) is 16.2 Å². The van der Waals surface area contributed by atoms with Crippen LogP contribution in [-0.4, -0.2) is 9.97 Å². The van der Waals surface area contributed by atoms with E-state index in [9.17, 15) is 0 Å². The average molecular weight is 407 g/mol. The predicted octanol–water partition coefficient (Wildman–Crippen LogP) is 2.92. The van der Waals surface area contributed by atoms with Crippen molar-refractivity contribution in [2.24, 2.45) is 5.84 Å². The van der Waals surface area contributed by atoms with Crippen LogP contribution in [0.15, 0.2) is 35.1 Å². The van der Waals surface area contributed by atoms with E-state index in [4.69, 9.17) is 10.6 Å². The van der Waals surface area contributed by atoms with Crippen LogP contribution in [0.2, 0.25) is 0 Å². The van der Waals surface area contributed by atoms with Crippen molar-refractivity contribution in [2.75, 3.05) is 5.43 Å². The maximum Gasteiger partial charge on any atom is 0.238 e. The zero-order chi connectivity index (χ0) is 12.3. The van der Waals surface area contributed by atoms with Crippen LogP contribution >= 0.6 is 38.5 Å². The van der Waals surface area contributed by atoms with Crippen molar-refractivity contribution in [2.45, 2.75) is 0 Å². The summed E-state index contributed by atoms with van der Waals surface area (Å²) >= 11 is 5.52. The molecule has 17 heavy (non-hydrogen) atoms. The second kappa shape index (κ2) is 5.61. The highest BCUT2D eigenvalue weighted by molar-refractivity contribution is 14.1. The molecule has 1 aromatic carbocycles. The van der Waals surface area contributed by atoms with Crippen LogP contribution in [0, 0.1) is 3.57 Å². The van der Waals surface area contributed by atoms with E-state index in [1.165, 1.54) is 6.33 Å². The van der Waals surface area contributed by atoms with Crippen molar-refractivity contribution in [1.82, 2.24) is 9.97 Å². The van der Waals surface area contributed by atoms with Gasteiger partial charge in [-0.15, -0.1) is 0 Å². The molecular weight excluding hydrogens is 399 g/mol. The average Bonchev–Trinajstić information content (AvgIpc) is 2.34. The maximum atomic E-state index is 5.68. The van der Waals surface area contributed by atoms with Gasteiger partial charge in [-0.05, 0) is 50.7 Å². The molecule has 0 aliphatic heterocycles. The second-order valence-corrected chi connectivity index (χ2v) is 4.97. The van der Waals surface area contributed by atoms with Crippen LogP contribution in [0.5, 0.6) is 11.6 Å². The molecule has 0 fully saturated rings. The molecule has 0 spiro atoms. The van der Waals surface area contributed by atoms with E-state index in [-0.39, 0.29) is 0 Å². The van der Waals surface area contributed by atoms with E-state index in [1.807, 2.05) is 24.3 Å². The number of nitrogens with one attached hydrogen (secondary N) is 1. The number of halogens is 2. The molecule has 7 heteroatoms. The Balaban J connectivity index is 2.34. The minimum absolute atomic E-state index is 0.414. The van der Waals surface area contributed by atoms with Gasteiger partial charge in [0.2, 0.25) is 5.88 Å². The molecule has 1 heterocycles. The van der Waals surface area contributed by atoms with Crippen molar-refractivity contribution < 1.29 is 4.74 Å². The summed E-state index contributed by atoms with van der Waals surface area (Å²) in [4.78, 5) is 7.99. The van der Waals surface area contributed by atoms with Gasteiger partial charge in [-0.3, -0.25) is 0 Å². The molecule has 0 aliphatic rings. The quantitative estimate of drug-likeness (QED) is 0.465. The van der Waals surface area contributed by atoms with Gasteiger partial charge in [-0.2, -0.15) is 0 Å². The van der Waals surface area contributed by atoms with Gasteiger partial charge in [-0.1, -0.05) is 12.1 Å². The minimum atomic E-state index is 0.414. The standard InChI is InChI=1S/C10H8BrIN4O/c11-8-9(16-13)14-5-15-10(8)17-7-4-2-1-3-6(7)12/h1-5H,13H2,(H,14,15,16). The Morgan fingerprint density at radius 2 is 2.06 bits per heavy atom. The fraction of sp³-hybridized carbons (Fsp3) is 0. The Hall–Kier alpha value is -0.930. The molecule has 0 aliphatic carbocycles. The van der Waals surface area contributed by atoms with Crippen LogP contribution in [-0.2, 0) is 0 Å². The summed E-state index contributed by atoms with van der Waals surface area (Å²) in [6, 6.07) is 7.66. The molecular formula is C10H8BrIN4O. The normalized spacial score (nSPS) is 10.1. The van der Waals surface area contributed by atoms with Crippen LogP contribution in [0.1, 0.15) is 0 Å². The molecule has 0 saturated heterocycles. The molecule has 0 radical (unpaired) electrons. The third kappa shape index (κ3) is 2.85. The number of aromatic nitrogens is 2. The Morgan fingerprint density at radius 3 is 2.76 bits per heavy atom. The van der Waals surface area contributed by atoms with Gasteiger partial charge in [0.15, 0.2) is 5.82 Å². The van der Waals surface area contributed by atoms with Crippen LogP contribution in [0.4, 0.5) is 5.82 Å². The highest BCUT2D eigenvalue weighted by Crippen LogP contribution is 2.32. The summed E-state index contributed by atoms with van der Waals surface area (Å²) in [5, 5.41) is 0. The lowest BCUT2D eigenvalue weighted by Crippen LogP contribution is -2.09. The number of nitrogens with two attached hydrogens (primary N) is 1. The summed E-state index contributed by atoms with van der Waals surface area (Å²) < 4.78 is 7.26. The molecule has 0 atom stereocenters. The van der Waals surface area contributed by atoms with Crippen LogP contribution < -0.4 is 16.0 Å². The van der Waals surface area contributed by atoms with Crippen molar-refractivity contribution >= 4 is 44.3 Å². The number of anilines is 1. The van der Waals surface area contributed by atoms with E-state index < -0.39 is 0 Å². The Morgan fingerprint density at radius 1 is 1.29 bits per heavy atom. The van der Waals surface area contributed by atoms with E-state index >= 15 is 0 Å². The van der Waals surface area contributed by atoms with Gasteiger partial charge in [-0.25, -0.2) is 15.8 Å². The highest BCUT2D eigenvalue weighted by atomic mass is 127. The molecule has 0 bridgehead atoms. The van der Waals surface area contributed by atoms with Gasteiger partial charge in [0.25, 0.3) is 0 Å². The van der Waals surface area contributed by atoms with Crippen molar-refractivity contribution in [1.29, 1.82) is 0 Å². The number of ether oxygens (including phenoxy) is 1. The van der Waals surface area contributed by atoms with E-state index in [0.717, 1.165) is 9.32 Å². The third-order valence-electron chi connectivity index (χ3n) is 1.94. The SMILES string of the molecule is NNc1ncnc(Oc2ccccc2I)c1Br. The Kier molecular flexibility index (Phi) is 4.13. The van der Waals surface area contributed by atoms with Crippen molar-refractivity contribution in [3.63, 3.8) is 0 Å². The first kappa shape index (κ1) is 12.5. The summed E-state index contributed by atoms with van der Waals surface area (Å²) in [5.41, 5.74) is 2.46. The Bertz CT molecular complexity index is 537. The molecule has 5 nitrogen and oxygen atoms in total. The first-order chi connectivity index (χ1) is 8.22. The van der Waals surface area contributed by atoms with E-state index in [1.54, 1.807) is 0 Å². The maximum absolute atomic E-state index is 5.68. The van der Waals surface area contributed by atoms with Crippen LogP contribution in [0.25, 0.3) is 0 Å². The zero-order valence-electron chi connectivity index (χ0n) is 8.52. The molecule has 0 amide bonds. The van der Waals surface area contributed by atoms with Gasteiger partial charge >= 0.3 is 0 Å². The monoisotopic (exact) mass is 406 g/mol. The number of hydrogen-bond acceptors (Lipinski definition) is 5. The lowest BCUT2D eigenvalue weighted by molar-refractivity contribution is 0.455. The lowest BCUT2D eigenvalue weighted by Gasteiger charge is -2.09. The van der Waals surface area contributed by atoms with Gasteiger partial charge < -0.3 is 10.2 Å². The zero-order valence-corrected chi connectivity index (χ0v) is 12.3. The smallest absolute Gasteiger partial charge is 0.238 e. The largest absolute Gasteiger partial charge is 0.437 e. The summed E-state index contributed by atoms with van der Waals surface area (Å²) in [6.45, 7) is 0. The van der Waals surface area contributed by atoms with Gasteiger partial charge in [0, 0.05) is 0 Å². The lowest BCUT2D eigenvalue weighted by atomic mass is 10.3. The van der Waals surface area contributed by atoms with Gasteiger partial charge in [0.05, 0.1) is 3.57 Å². The molecule has 1 aromatic heterocycles. The number of rotatable bonds is 3. The molecule has 2 rings (SSSR count). The van der Waals surface area contributed by atoms with Crippen LogP contribution in [0.3, 0.4) is 0 Å². The van der Waals surface area contributed by atoms with Crippen molar-refractivity contribution in [3.05, 3.63) is 38.6 Å².